The first-order valence-corrected chi connectivity index (χ1v) is 4.49. The largest absolute Gasteiger partial charge is 0.508 e. The average molecular weight is 203 g/mol. The Kier molecular flexibility index (Phi) is 1.70. The highest BCUT2D eigenvalue weighted by molar-refractivity contribution is 7.17. The van der Waals surface area contributed by atoms with Crippen LogP contribution in [0.15, 0.2) is 17.5 Å². The van der Waals surface area contributed by atoms with E-state index in [0.29, 0.717) is 15.1 Å². The first-order valence-electron chi connectivity index (χ1n) is 3.23. The van der Waals surface area contributed by atoms with Gasteiger partial charge < -0.3 is 5.11 Å². The first-order chi connectivity index (χ1) is 5.68. The van der Waals surface area contributed by atoms with Gasteiger partial charge in [-0.2, -0.15) is 0 Å². The number of benzene rings is 1. The van der Waals surface area contributed by atoms with Crippen LogP contribution in [0.2, 0.25) is 5.02 Å². The maximum Gasteiger partial charge on any atom is 0.144 e. The van der Waals surface area contributed by atoms with E-state index < -0.39 is 5.82 Å². The van der Waals surface area contributed by atoms with Crippen LogP contribution in [0.4, 0.5) is 4.39 Å². The molecule has 2 aromatic rings. The standard InChI is InChI=1S/C8H4ClFOS/c9-6-3-12-8-5(6)1-4(11)2-7(8)10/h1-3,11H. The maximum atomic E-state index is 13.1. The number of thiophene rings is 1. The summed E-state index contributed by atoms with van der Waals surface area (Å²) >= 11 is 6.98. The van der Waals surface area contributed by atoms with Crippen molar-refractivity contribution in [2.75, 3.05) is 0 Å². The normalized spacial score (nSPS) is 10.8. The quantitative estimate of drug-likeness (QED) is 0.694. The van der Waals surface area contributed by atoms with Crippen molar-refractivity contribution in [1.29, 1.82) is 0 Å². The number of rotatable bonds is 0. The second-order valence-electron chi connectivity index (χ2n) is 2.39. The van der Waals surface area contributed by atoms with Crippen molar-refractivity contribution < 1.29 is 9.50 Å². The Balaban J connectivity index is 2.92. The van der Waals surface area contributed by atoms with E-state index in [2.05, 4.69) is 0 Å². The summed E-state index contributed by atoms with van der Waals surface area (Å²) in [6.45, 7) is 0. The molecular formula is C8H4ClFOS. The van der Waals surface area contributed by atoms with Gasteiger partial charge in [0.2, 0.25) is 0 Å². The Labute approximate surface area is 77.0 Å². The van der Waals surface area contributed by atoms with Gasteiger partial charge in [0.1, 0.15) is 11.6 Å². The van der Waals surface area contributed by atoms with Gasteiger partial charge in [0.15, 0.2) is 0 Å². The fourth-order valence-corrected chi connectivity index (χ4v) is 2.20. The molecule has 0 aliphatic carbocycles. The molecule has 0 amide bonds. The zero-order chi connectivity index (χ0) is 8.72. The molecule has 0 saturated carbocycles. The highest BCUT2D eigenvalue weighted by Crippen LogP contribution is 2.34. The van der Waals surface area contributed by atoms with E-state index in [4.69, 9.17) is 16.7 Å². The molecular weight excluding hydrogens is 199 g/mol. The summed E-state index contributed by atoms with van der Waals surface area (Å²) in [6, 6.07) is 2.53. The summed E-state index contributed by atoms with van der Waals surface area (Å²) in [7, 11) is 0. The molecule has 62 valence electrons. The summed E-state index contributed by atoms with van der Waals surface area (Å²) in [5, 5.41) is 11.8. The minimum atomic E-state index is -0.429. The van der Waals surface area contributed by atoms with Crippen LogP contribution < -0.4 is 0 Å². The number of hydrogen-bond acceptors (Lipinski definition) is 2. The topological polar surface area (TPSA) is 20.2 Å². The highest BCUT2D eigenvalue weighted by atomic mass is 35.5. The lowest BCUT2D eigenvalue weighted by atomic mass is 10.2. The van der Waals surface area contributed by atoms with Crippen LogP contribution in [-0.2, 0) is 0 Å². The van der Waals surface area contributed by atoms with E-state index in [1.165, 1.54) is 17.4 Å². The lowest BCUT2D eigenvalue weighted by Crippen LogP contribution is -1.73. The van der Waals surface area contributed by atoms with Gasteiger partial charge in [0, 0.05) is 16.8 Å². The molecule has 0 aliphatic heterocycles. The fourth-order valence-electron chi connectivity index (χ4n) is 1.05. The molecule has 1 heterocycles. The zero-order valence-corrected chi connectivity index (χ0v) is 7.42. The molecule has 0 fully saturated rings. The average Bonchev–Trinajstić information content (AvgIpc) is 2.33. The van der Waals surface area contributed by atoms with E-state index in [-0.39, 0.29) is 5.75 Å². The third kappa shape index (κ3) is 1.06. The number of hydrogen-bond donors (Lipinski definition) is 1. The summed E-state index contributed by atoms with van der Waals surface area (Å²) < 4.78 is 13.5. The van der Waals surface area contributed by atoms with E-state index in [1.807, 2.05) is 0 Å². The van der Waals surface area contributed by atoms with Gasteiger partial charge in [-0.15, -0.1) is 11.3 Å². The van der Waals surface area contributed by atoms with Gasteiger partial charge in [0.25, 0.3) is 0 Å². The van der Waals surface area contributed by atoms with Gasteiger partial charge in [-0.05, 0) is 6.07 Å². The van der Waals surface area contributed by atoms with Crippen molar-refractivity contribution in [3.63, 3.8) is 0 Å². The van der Waals surface area contributed by atoms with Crippen molar-refractivity contribution in [1.82, 2.24) is 0 Å². The van der Waals surface area contributed by atoms with E-state index in [1.54, 1.807) is 5.38 Å². The Morgan fingerprint density at radius 1 is 1.42 bits per heavy atom. The zero-order valence-electron chi connectivity index (χ0n) is 5.84. The lowest BCUT2D eigenvalue weighted by molar-refractivity contribution is 0.471. The molecule has 0 unspecified atom stereocenters. The van der Waals surface area contributed by atoms with Crippen molar-refractivity contribution in [2.24, 2.45) is 0 Å². The minimum Gasteiger partial charge on any atom is -0.508 e. The molecule has 0 spiro atoms. The second-order valence-corrected chi connectivity index (χ2v) is 3.67. The van der Waals surface area contributed by atoms with E-state index >= 15 is 0 Å². The van der Waals surface area contributed by atoms with Crippen molar-refractivity contribution in [3.8, 4) is 5.75 Å². The van der Waals surface area contributed by atoms with Gasteiger partial charge in [-0.25, -0.2) is 4.39 Å². The van der Waals surface area contributed by atoms with Gasteiger partial charge in [-0.1, -0.05) is 11.6 Å². The molecule has 0 radical (unpaired) electrons. The van der Waals surface area contributed by atoms with E-state index in [9.17, 15) is 4.39 Å². The van der Waals surface area contributed by atoms with Gasteiger partial charge in [-0.3, -0.25) is 0 Å². The second kappa shape index (κ2) is 2.61. The third-order valence-corrected chi connectivity index (χ3v) is 3.01. The third-order valence-electron chi connectivity index (χ3n) is 1.57. The summed E-state index contributed by atoms with van der Waals surface area (Å²) in [5.41, 5.74) is 0. The predicted molar refractivity (Wildman–Crippen MR) is 48.5 cm³/mol. The minimum absolute atomic E-state index is 0.0969. The molecule has 0 bridgehead atoms. The molecule has 12 heavy (non-hydrogen) atoms. The monoisotopic (exact) mass is 202 g/mol. The fraction of sp³-hybridized carbons (Fsp3) is 0. The predicted octanol–water partition coefficient (Wildman–Crippen LogP) is 3.40. The number of fused-ring (bicyclic) bond motifs is 1. The maximum absolute atomic E-state index is 13.1. The van der Waals surface area contributed by atoms with E-state index in [0.717, 1.165) is 6.07 Å². The molecule has 1 aromatic heterocycles. The number of aromatic hydroxyl groups is 1. The Morgan fingerprint density at radius 2 is 2.17 bits per heavy atom. The number of phenols is 1. The Morgan fingerprint density at radius 3 is 2.92 bits per heavy atom. The van der Waals surface area contributed by atoms with Crippen LogP contribution in [0.25, 0.3) is 10.1 Å². The molecule has 1 aromatic carbocycles. The van der Waals surface area contributed by atoms with Gasteiger partial charge in [0.05, 0.1) is 9.72 Å². The van der Waals surface area contributed by atoms with Crippen LogP contribution in [0.3, 0.4) is 0 Å². The molecule has 0 atom stereocenters. The summed E-state index contributed by atoms with van der Waals surface area (Å²) in [4.78, 5) is 0. The smallest absolute Gasteiger partial charge is 0.144 e. The van der Waals surface area contributed by atoms with Crippen LogP contribution in [-0.4, -0.2) is 5.11 Å². The number of halogens is 2. The van der Waals surface area contributed by atoms with Crippen LogP contribution in [0, 0.1) is 5.82 Å². The lowest BCUT2D eigenvalue weighted by Gasteiger charge is -1.94. The molecule has 1 N–H and O–H groups in total. The Hall–Kier alpha value is -0.800. The number of phenolic OH excluding ortho intramolecular Hbond substituents is 1. The van der Waals surface area contributed by atoms with Crippen LogP contribution in [0.5, 0.6) is 5.75 Å². The first kappa shape index (κ1) is 7.83. The van der Waals surface area contributed by atoms with Crippen LogP contribution in [0.1, 0.15) is 0 Å². The summed E-state index contributed by atoms with van der Waals surface area (Å²) in [6.07, 6.45) is 0. The van der Waals surface area contributed by atoms with Crippen LogP contribution >= 0.6 is 22.9 Å². The van der Waals surface area contributed by atoms with Crippen molar-refractivity contribution in [3.05, 3.63) is 28.4 Å². The molecule has 0 aliphatic rings. The highest BCUT2D eigenvalue weighted by Gasteiger charge is 2.07. The SMILES string of the molecule is Oc1cc(F)c2scc(Cl)c2c1. The summed E-state index contributed by atoms with van der Waals surface area (Å²) in [5.74, 6) is -0.526. The van der Waals surface area contributed by atoms with Gasteiger partial charge >= 0.3 is 0 Å². The molecule has 2 rings (SSSR count). The molecule has 0 saturated heterocycles. The molecule has 4 heteroatoms. The molecule has 1 nitrogen and oxygen atoms in total. The van der Waals surface area contributed by atoms with Crippen molar-refractivity contribution in [2.45, 2.75) is 0 Å². The Bertz CT molecular complexity index is 438. The van der Waals surface area contributed by atoms with Crippen molar-refractivity contribution >= 4 is 33.0 Å².